The minimum Gasteiger partial charge on any atom is -0.356 e. The fourth-order valence-corrected chi connectivity index (χ4v) is 4.67. The summed E-state index contributed by atoms with van der Waals surface area (Å²) in [5, 5.41) is 6.42. The van der Waals surface area contributed by atoms with E-state index in [0.29, 0.717) is 12.1 Å². The highest BCUT2D eigenvalue weighted by atomic mass is 19.4. The summed E-state index contributed by atoms with van der Waals surface area (Å²) in [4.78, 5) is 38.2. The maximum atomic E-state index is 12.9. The number of nitrogens with zero attached hydrogens (tertiary/aromatic N) is 3. The van der Waals surface area contributed by atoms with Gasteiger partial charge in [-0.15, -0.1) is 0 Å². The maximum absolute atomic E-state index is 12.9. The van der Waals surface area contributed by atoms with Crippen LogP contribution >= 0.6 is 0 Å². The van der Waals surface area contributed by atoms with Crippen molar-refractivity contribution in [3.8, 4) is 0 Å². The van der Waals surface area contributed by atoms with Crippen molar-refractivity contribution in [1.82, 2.24) is 20.0 Å². The molecule has 3 fully saturated rings. The monoisotopic (exact) mass is 440 g/mol. The van der Waals surface area contributed by atoms with Crippen molar-refractivity contribution in [2.45, 2.75) is 70.0 Å². The van der Waals surface area contributed by atoms with Gasteiger partial charge in [-0.3, -0.25) is 24.0 Å². The van der Waals surface area contributed by atoms with Crippen LogP contribution in [0.15, 0.2) is 6.07 Å². The molecule has 1 saturated heterocycles. The first-order valence-corrected chi connectivity index (χ1v) is 11.0. The number of rotatable bonds is 8. The van der Waals surface area contributed by atoms with Gasteiger partial charge in [0, 0.05) is 37.7 Å². The molecule has 4 rings (SSSR count). The number of aromatic nitrogens is 2. The van der Waals surface area contributed by atoms with Crippen LogP contribution < -0.4 is 5.32 Å². The number of aryl methyl sites for hydroxylation is 1. The lowest BCUT2D eigenvalue weighted by molar-refractivity contribution is -0.142. The van der Waals surface area contributed by atoms with Crippen molar-refractivity contribution in [1.29, 1.82) is 0 Å². The third-order valence-electron chi connectivity index (χ3n) is 6.46. The van der Waals surface area contributed by atoms with E-state index < -0.39 is 11.9 Å². The quantitative estimate of drug-likeness (QED) is 0.498. The molecule has 3 aliphatic rings. The third-order valence-corrected chi connectivity index (χ3v) is 6.46. The van der Waals surface area contributed by atoms with E-state index in [1.54, 1.807) is 0 Å². The Morgan fingerprint density at radius 2 is 1.71 bits per heavy atom. The first kappa shape index (κ1) is 21.8. The van der Waals surface area contributed by atoms with Gasteiger partial charge in [0.15, 0.2) is 5.69 Å². The number of carbonyl (C=O) groups is 3. The number of hydrogen-bond acceptors (Lipinski definition) is 4. The lowest BCUT2D eigenvalue weighted by Crippen LogP contribution is -2.35. The van der Waals surface area contributed by atoms with Crippen LogP contribution in [0.3, 0.4) is 0 Å². The molecule has 0 unspecified atom stereocenters. The van der Waals surface area contributed by atoms with E-state index >= 15 is 0 Å². The summed E-state index contributed by atoms with van der Waals surface area (Å²) < 4.78 is 40.2. The fourth-order valence-electron chi connectivity index (χ4n) is 4.67. The number of likely N-dealkylation sites (tertiary alicyclic amines) is 1. The van der Waals surface area contributed by atoms with E-state index in [1.807, 2.05) is 0 Å². The van der Waals surface area contributed by atoms with Gasteiger partial charge in [-0.1, -0.05) is 12.8 Å². The maximum Gasteiger partial charge on any atom is 0.435 e. The van der Waals surface area contributed by atoms with Crippen LogP contribution in [0.5, 0.6) is 0 Å². The van der Waals surface area contributed by atoms with Crippen molar-refractivity contribution in [2.24, 2.45) is 11.8 Å². The molecule has 2 atom stereocenters. The molecule has 10 heteroatoms. The van der Waals surface area contributed by atoms with Gasteiger partial charge in [-0.05, 0) is 38.2 Å². The standard InChI is InChI=1S/C21H27F3N4O3/c22-21(23,24)17-12-16(13-6-7-13)28(26-17)10-3-9-25-18(29)8-11-27-19(30)14-4-1-2-5-15(14)20(27)31/h12-15H,1-11H2,(H,25,29)/t14-,15-/m0/s1. The average molecular weight is 440 g/mol. The van der Waals surface area contributed by atoms with Crippen molar-refractivity contribution in [3.63, 3.8) is 0 Å². The van der Waals surface area contributed by atoms with E-state index in [9.17, 15) is 27.6 Å². The van der Waals surface area contributed by atoms with Gasteiger partial charge in [0.25, 0.3) is 0 Å². The summed E-state index contributed by atoms with van der Waals surface area (Å²) in [6.45, 7) is 0.655. The highest BCUT2D eigenvalue weighted by molar-refractivity contribution is 6.05. The van der Waals surface area contributed by atoms with Gasteiger partial charge in [0.2, 0.25) is 17.7 Å². The zero-order valence-corrected chi connectivity index (χ0v) is 17.3. The highest BCUT2D eigenvalue weighted by Crippen LogP contribution is 2.42. The lowest BCUT2D eigenvalue weighted by atomic mass is 9.81. The molecule has 2 saturated carbocycles. The number of imide groups is 1. The summed E-state index contributed by atoms with van der Waals surface area (Å²) >= 11 is 0. The molecule has 0 bridgehead atoms. The molecule has 1 aromatic heterocycles. The van der Waals surface area contributed by atoms with E-state index in [1.165, 1.54) is 9.58 Å². The van der Waals surface area contributed by atoms with Gasteiger partial charge < -0.3 is 5.32 Å². The molecule has 1 N–H and O–H groups in total. The molecule has 0 aromatic carbocycles. The van der Waals surface area contributed by atoms with Crippen molar-refractivity contribution >= 4 is 17.7 Å². The molecule has 1 aliphatic heterocycles. The minimum absolute atomic E-state index is 0.0320. The van der Waals surface area contributed by atoms with Crippen molar-refractivity contribution < 1.29 is 27.6 Å². The van der Waals surface area contributed by atoms with Crippen LogP contribution in [0, 0.1) is 11.8 Å². The second-order valence-corrected chi connectivity index (χ2v) is 8.73. The topological polar surface area (TPSA) is 84.3 Å². The molecule has 2 heterocycles. The first-order chi connectivity index (χ1) is 14.8. The highest BCUT2D eigenvalue weighted by Gasteiger charge is 2.47. The predicted molar refractivity (Wildman–Crippen MR) is 104 cm³/mol. The predicted octanol–water partition coefficient (Wildman–Crippen LogP) is 2.85. The molecule has 1 aromatic rings. The van der Waals surface area contributed by atoms with Crippen LogP contribution in [0.2, 0.25) is 0 Å². The second-order valence-electron chi connectivity index (χ2n) is 8.73. The SMILES string of the molecule is O=C(CCN1C(=O)[C@H]2CCCC[C@@H]2C1=O)NCCCn1nc(C(F)(F)F)cc1C1CC1. The first-order valence-electron chi connectivity index (χ1n) is 11.0. The largest absolute Gasteiger partial charge is 0.435 e. The number of fused-ring (bicyclic) bond motifs is 1. The molecule has 31 heavy (non-hydrogen) atoms. The van der Waals surface area contributed by atoms with Gasteiger partial charge >= 0.3 is 6.18 Å². The normalized spacial score (nSPS) is 23.9. The Balaban J connectivity index is 1.21. The molecule has 2 aliphatic carbocycles. The van der Waals surface area contributed by atoms with Crippen LogP contribution in [0.4, 0.5) is 13.2 Å². The van der Waals surface area contributed by atoms with Gasteiger partial charge in [-0.25, -0.2) is 0 Å². The summed E-state index contributed by atoms with van der Waals surface area (Å²) in [5.41, 5.74) is -0.273. The Hall–Kier alpha value is -2.39. The molecule has 3 amide bonds. The van der Waals surface area contributed by atoms with Crippen LogP contribution in [0.1, 0.15) is 68.7 Å². The number of nitrogens with one attached hydrogen (secondary N) is 1. The van der Waals surface area contributed by atoms with Gasteiger partial charge in [0.05, 0.1) is 11.8 Å². The van der Waals surface area contributed by atoms with Gasteiger partial charge in [0.1, 0.15) is 0 Å². The van der Waals surface area contributed by atoms with Crippen LogP contribution in [-0.2, 0) is 27.1 Å². The number of amides is 3. The van der Waals surface area contributed by atoms with Crippen LogP contribution in [0.25, 0.3) is 0 Å². The minimum atomic E-state index is -4.47. The number of carbonyl (C=O) groups excluding carboxylic acids is 3. The van der Waals surface area contributed by atoms with E-state index in [4.69, 9.17) is 0 Å². The molecule has 0 radical (unpaired) electrons. The van der Waals surface area contributed by atoms with E-state index in [0.717, 1.165) is 44.6 Å². The zero-order chi connectivity index (χ0) is 22.2. The Bertz CT molecular complexity index is 839. The third kappa shape index (κ3) is 4.77. The summed E-state index contributed by atoms with van der Waals surface area (Å²) in [7, 11) is 0. The molecular weight excluding hydrogens is 413 g/mol. The van der Waals surface area contributed by atoms with E-state index in [-0.39, 0.29) is 61.5 Å². The van der Waals surface area contributed by atoms with E-state index in [2.05, 4.69) is 10.4 Å². The Morgan fingerprint density at radius 3 is 2.29 bits per heavy atom. The van der Waals surface area contributed by atoms with Crippen LogP contribution in [-0.4, -0.2) is 45.5 Å². The fraction of sp³-hybridized carbons (Fsp3) is 0.714. The van der Waals surface area contributed by atoms with Gasteiger partial charge in [-0.2, -0.15) is 18.3 Å². The Morgan fingerprint density at radius 1 is 1.06 bits per heavy atom. The zero-order valence-electron chi connectivity index (χ0n) is 17.3. The summed E-state index contributed by atoms with van der Waals surface area (Å²) in [6, 6.07) is 1.12. The second kappa shape index (κ2) is 8.63. The number of alkyl halides is 3. The summed E-state index contributed by atoms with van der Waals surface area (Å²) in [5.74, 6) is -0.906. The van der Waals surface area contributed by atoms with Crippen molar-refractivity contribution in [3.05, 3.63) is 17.5 Å². The number of hydrogen-bond donors (Lipinski definition) is 1. The Kier molecular flexibility index (Phi) is 6.07. The summed E-state index contributed by atoms with van der Waals surface area (Å²) in [6.07, 6.45) is 1.14. The Labute approximate surface area is 178 Å². The average Bonchev–Trinajstić information content (AvgIpc) is 3.43. The lowest BCUT2D eigenvalue weighted by Gasteiger charge is -2.19. The van der Waals surface area contributed by atoms with Crippen molar-refractivity contribution in [2.75, 3.05) is 13.1 Å². The molecule has 7 nitrogen and oxygen atoms in total. The number of halogens is 3. The molecule has 0 spiro atoms. The molecule has 170 valence electrons. The molecular formula is C21H27F3N4O3. The smallest absolute Gasteiger partial charge is 0.356 e.